The van der Waals surface area contributed by atoms with Gasteiger partial charge >= 0.3 is 0 Å². The normalized spacial score (nSPS) is 22.7. The van der Waals surface area contributed by atoms with E-state index in [-0.39, 0.29) is 17.5 Å². The maximum absolute atomic E-state index is 13.4. The number of ether oxygens (including phenoxy) is 3. The number of anilines is 1. The average molecular weight is 576 g/mol. The van der Waals surface area contributed by atoms with Crippen molar-refractivity contribution >= 4 is 26.6 Å². The van der Waals surface area contributed by atoms with Crippen LogP contribution in [-0.4, -0.2) is 56.8 Å². The van der Waals surface area contributed by atoms with Crippen molar-refractivity contribution in [2.75, 3.05) is 30.7 Å². The van der Waals surface area contributed by atoms with Crippen LogP contribution in [-0.2, 0) is 26.0 Å². The van der Waals surface area contributed by atoms with Gasteiger partial charge in [-0.15, -0.1) is 0 Å². The second-order valence-electron chi connectivity index (χ2n) is 12.0. The van der Waals surface area contributed by atoms with E-state index in [1.807, 2.05) is 36.4 Å². The number of nitriles is 1. The number of benzene rings is 2. The van der Waals surface area contributed by atoms with Crippen LogP contribution >= 0.6 is 0 Å². The average Bonchev–Trinajstić information content (AvgIpc) is 3.87. The summed E-state index contributed by atoms with van der Waals surface area (Å²) in [5.74, 6) is 1.38. The summed E-state index contributed by atoms with van der Waals surface area (Å²) in [6.07, 6.45) is 7.80. The zero-order valence-corrected chi connectivity index (χ0v) is 24.2. The summed E-state index contributed by atoms with van der Waals surface area (Å²) in [4.78, 5) is 0. The molecule has 2 saturated heterocycles. The fourth-order valence-corrected chi connectivity index (χ4v) is 8.09. The zero-order chi connectivity index (χ0) is 28.0. The molecule has 0 amide bonds. The van der Waals surface area contributed by atoms with Crippen LogP contribution in [0.15, 0.2) is 42.5 Å². The molecule has 0 radical (unpaired) electrons. The van der Waals surface area contributed by atoms with Gasteiger partial charge in [0.2, 0.25) is 10.0 Å². The van der Waals surface area contributed by atoms with Crippen LogP contribution in [0.2, 0.25) is 0 Å². The molecule has 2 aliphatic carbocycles. The first-order valence-electron chi connectivity index (χ1n) is 15.1. The van der Waals surface area contributed by atoms with E-state index in [1.54, 1.807) is 4.31 Å². The molecule has 41 heavy (non-hydrogen) atoms. The number of hydrogen-bond donors (Lipinski definition) is 0. The van der Waals surface area contributed by atoms with E-state index in [0.717, 1.165) is 66.7 Å². The molecule has 1 aromatic heterocycles. The molecule has 0 bridgehead atoms. The summed E-state index contributed by atoms with van der Waals surface area (Å²) in [5, 5.41) is 10.9. The Labute approximate surface area is 241 Å². The largest absolute Gasteiger partial charge is 0.491 e. The minimum absolute atomic E-state index is 0.0777. The summed E-state index contributed by atoms with van der Waals surface area (Å²) in [6.45, 7) is 3.19. The van der Waals surface area contributed by atoms with Gasteiger partial charge in [0.1, 0.15) is 18.4 Å². The lowest BCUT2D eigenvalue weighted by atomic mass is 10.1. The molecule has 9 heteroatoms. The topological polar surface area (TPSA) is 93.8 Å². The Morgan fingerprint density at radius 3 is 2.32 bits per heavy atom. The van der Waals surface area contributed by atoms with Gasteiger partial charge in [-0.1, -0.05) is 12.1 Å². The van der Waals surface area contributed by atoms with E-state index < -0.39 is 10.0 Å². The zero-order valence-electron chi connectivity index (χ0n) is 23.3. The smallest absolute Gasteiger partial charge is 0.238 e. The summed E-state index contributed by atoms with van der Waals surface area (Å²) in [5.41, 5.74) is 4.08. The predicted octanol–water partition coefficient (Wildman–Crippen LogP) is 5.63. The molecular formula is C32H37N3O5S. The first-order valence-corrected chi connectivity index (χ1v) is 16.6. The van der Waals surface area contributed by atoms with E-state index >= 15 is 0 Å². The van der Waals surface area contributed by atoms with Crippen molar-refractivity contribution in [3.05, 3.63) is 48.0 Å². The number of nitrogens with zero attached hydrogens (tertiary/aromatic N) is 3. The molecule has 0 N–H and O–H groups in total. The van der Waals surface area contributed by atoms with Gasteiger partial charge in [-0.3, -0.25) is 4.31 Å². The summed E-state index contributed by atoms with van der Waals surface area (Å²) in [7, 11) is -3.44. The SMILES string of the molecule is N#Cc1c(-c2ccc(N(C[C@H]3CCCO3)S(=O)(=O)C3CC3)cc2)n(CC2CC2)c2cc(OC[C@H]3CCCO3)ccc12. The first kappa shape index (κ1) is 26.8. The third-order valence-corrected chi connectivity index (χ3v) is 11.1. The second kappa shape index (κ2) is 11.0. The maximum atomic E-state index is 13.4. The van der Waals surface area contributed by atoms with Gasteiger partial charge in [-0.2, -0.15) is 5.26 Å². The fourth-order valence-electron chi connectivity index (χ4n) is 6.21. The van der Waals surface area contributed by atoms with Crippen molar-refractivity contribution in [1.29, 1.82) is 5.26 Å². The van der Waals surface area contributed by atoms with Crippen LogP contribution in [0.25, 0.3) is 22.2 Å². The molecule has 8 nitrogen and oxygen atoms in total. The maximum Gasteiger partial charge on any atom is 0.238 e. The molecule has 216 valence electrons. The molecule has 2 aromatic carbocycles. The van der Waals surface area contributed by atoms with Crippen LogP contribution in [0.1, 0.15) is 56.9 Å². The molecule has 3 aromatic rings. The van der Waals surface area contributed by atoms with Gasteiger partial charge in [0, 0.05) is 31.2 Å². The molecule has 7 rings (SSSR count). The van der Waals surface area contributed by atoms with Gasteiger partial charge < -0.3 is 18.8 Å². The number of rotatable bonds is 11. The van der Waals surface area contributed by atoms with Crippen LogP contribution in [0.5, 0.6) is 5.75 Å². The van der Waals surface area contributed by atoms with E-state index in [0.29, 0.717) is 49.8 Å². The van der Waals surface area contributed by atoms with Crippen LogP contribution in [0.4, 0.5) is 5.69 Å². The summed E-state index contributed by atoms with van der Waals surface area (Å²) < 4.78 is 48.3. The van der Waals surface area contributed by atoms with Gasteiger partial charge in [-0.05, 0) is 87.1 Å². The fraction of sp³-hybridized carbons (Fsp3) is 0.531. The van der Waals surface area contributed by atoms with Crippen molar-refractivity contribution in [3.63, 3.8) is 0 Å². The van der Waals surface area contributed by atoms with Crippen LogP contribution in [0.3, 0.4) is 0 Å². The number of fused-ring (bicyclic) bond motifs is 1. The van der Waals surface area contributed by atoms with Gasteiger partial charge in [0.25, 0.3) is 0 Å². The van der Waals surface area contributed by atoms with Crippen LogP contribution in [0, 0.1) is 17.2 Å². The van der Waals surface area contributed by atoms with Crippen molar-refractivity contribution < 1.29 is 22.6 Å². The lowest BCUT2D eigenvalue weighted by Crippen LogP contribution is -2.39. The van der Waals surface area contributed by atoms with E-state index in [1.165, 1.54) is 12.8 Å². The molecule has 2 atom stereocenters. The number of hydrogen-bond acceptors (Lipinski definition) is 6. The van der Waals surface area contributed by atoms with Crippen molar-refractivity contribution in [2.24, 2.45) is 5.92 Å². The van der Waals surface area contributed by atoms with E-state index in [9.17, 15) is 13.7 Å². The third kappa shape index (κ3) is 5.45. The molecule has 4 fully saturated rings. The summed E-state index contributed by atoms with van der Waals surface area (Å²) in [6, 6.07) is 16.2. The molecule has 2 saturated carbocycles. The Bertz CT molecular complexity index is 1560. The van der Waals surface area contributed by atoms with Gasteiger partial charge in [0.05, 0.1) is 46.5 Å². The highest BCUT2D eigenvalue weighted by atomic mass is 32.2. The number of aromatic nitrogens is 1. The summed E-state index contributed by atoms with van der Waals surface area (Å²) >= 11 is 0. The quantitative estimate of drug-likeness (QED) is 0.294. The Balaban J connectivity index is 1.24. The molecule has 4 aliphatic rings. The highest BCUT2D eigenvalue weighted by Gasteiger charge is 2.41. The van der Waals surface area contributed by atoms with E-state index in [4.69, 9.17) is 14.2 Å². The molecule has 3 heterocycles. The minimum Gasteiger partial charge on any atom is -0.491 e. The van der Waals surface area contributed by atoms with Crippen LogP contribution < -0.4 is 9.04 Å². The Morgan fingerprint density at radius 2 is 1.68 bits per heavy atom. The molecule has 0 unspecified atom stereocenters. The van der Waals surface area contributed by atoms with Gasteiger partial charge in [0.15, 0.2) is 0 Å². The highest BCUT2D eigenvalue weighted by molar-refractivity contribution is 7.93. The lowest BCUT2D eigenvalue weighted by molar-refractivity contribution is 0.0680. The Kier molecular flexibility index (Phi) is 7.18. The molecule has 0 spiro atoms. The molecule has 2 aliphatic heterocycles. The van der Waals surface area contributed by atoms with Crippen molar-refractivity contribution in [1.82, 2.24) is 4.57 Å². The predicted molar refractivity (Wildman–Crippen MR) is 158 cm³/mol. The number of sulfonamides is 1. The Morgan fingerprint density at radius 1 is 0.951 bits per heavy atom. The second-order valence-corrected chi connectivity index (χ2v) is 14.1. The van der Waals surface area contributed by atoms with Crippen molar-refractivity contribution in [2.45, 2.75) is 75.4 Å². The lowest BCUT2D eigenvalue weighted by Gasteiger charge is -2.27. The standard InChI is InChI=1S/C32H37N3O5S/c33-18-30-29-14-11-25(40-21-27-4-2-16-39-27)17-31(29)34(19-22-5-6-22)32(30)23-7-9-24(10-8-23)35(20-26-3-1-15-38-26)41(36,37)28-12-13-28/h7-11,14,17,22,26-28H,1-6,12-13,15-16,19-21H2/t26-,27-/m1/s1. The Hall–Kier alpha value is -3.06. The van der Waals surface area contributed by atoms with Crippen molar-refractivity contribution in [3.8, 4) is 23.1 Å². The third-order valence-electron chi connectivity index (χ3n) is 8.82. The minimum atomic E-state index is -3.44. The van der Waals surface area contributed by atoms with Gasteiger partial charge in [-0.25, -0.2) is 8.42 Å². The highest BCUT2D eigenvalue weighted by Crippen LogP contribution is 2.41. The first-order chi connectivity index (χ1) is 20.0. The molecular weight excluding hydrogens is 538 g/mol. The monoisotopic (exact) mass is 575 g/mol. The van der Waals surface area contributed by atoms with E-state index in [2.05, 4.69) is 16.7 Å².